The molecule has 0 saturated carbocycles. The van der Waals surface area contributed by atoms with Gasteiger partial charge in [0.2, 0.25) is 5.39 Å². The fourth-order valence-corrected chi connectivity index (χ4v) is 7.11. The second-order valence-electron chi connectivity index (χ2n) is 12.8. The molecule has 44 heavy (non-hydrogen) atoms. The molecule has 1 heterocycles. The van der Waals surface area contributed by atoms with Crippen molar-refractivity contribution in [3.8, 4) is 11.5 Å². The highest BCUT2D eigenvalue weighted by Gasteiger charge is 2.25. The van der Waals surface area contributed by atoms with Crippen LogP contribution in [0.25, 0.3) is 4.98 Å². The maximum atomic E-state index is 9.96. The molecule has 238 valence electrons. The highest BCUT2D eigenvalue weighted by Crippen LogP contribution is 2.41. The third kappa shape index (κ3) is 9.58. The molecule has 0 atom stereocenters. The van der Waals surface area contributed by atoms with Gasteiger partial charge in [0.15, 0.2) is 4.98 Å². The number of benzene rings is 3. The van der Waals surface area contributed by atoms with Gasteiger partial charge in [-0.05, 0) is 33.1 Å². The zero-order valence-electron chi connectivity index (χ0n) is 26.7. The number of thioether (sulfide) groups is 2. The van der Waals surface area contributed by atoms with E-state index in [0.717, 1.165) is 52.1 Å². The van der Waals surface area contributed by atoms with E-state index in [1.807, 2.05) is 23.5 Å². The van der Waals surface area contributed by atoms with Crippen LogP contribution in [0, 0.1) is 5.39 Å². The maximum absolute atomic E-state index is 9.96. The molecule has 1 aliphatic rings. The summed E-state index contributed by atoms with van der Waals surface area (Å²) in [5.74, 6) is 5.02. The van der Waals surface area contributed by atoms with Crippen molar-refractivity contribution in [2.75, 3.05) is 14.2 Å². The zero-order valence-corrected chi connectivity index (χ0v) is 28.3. The molecule has 4 nitrogen and oxygen atoms in total. The normalized spacial score (nSPS) is 14.2. The first kappa shape index (κ1) is 35.6. The van der Waals surface area contributed by atoms with Gasteiger partial charge in [0.25, 0.3) is 0 Å². The molecule has 0 unspecified atom stereocenters. The Morgan fingerprint density at radius 2 is 1.00 bits per heavy atom. The predicted molar refractivity (Wildman–Crippen MR) is 178 cm³/mol. The minimum absolute atomic E-state index is 0.00230. The van der Waals surface area contributed by atoms with Crippen molar-refractivity contribution in [1.82, 2.24) is 0 Å². The largest absolute Gasteiger partial charge is 0.673 e. The Labute approximate surface area is 267 Å². The highest BCUT2D eigenvalue weighted by molar-refractivity contribution is 7.98. The Hall–Kier alpha value is -2.84. The van der Waals surface area contributed by atoms with Gasteiger partial charge in [-0.3, -0.25) is 0 Å². The molecule has 0 radical (unpaired) electrons. The van der Waals surface area contributed by atoms with Crippen LogP contribution < -0.4 is 9.47 Å². The van der Waals surface area contributed by atoms with Gasteiger partial charge in [0, 0.05) is 40.6 Å². The van der Waals surface area contributed by atoms with E-state index in [2.05, 4.69) is 89.0 Å². The summed E-state index contributed by atoms with van der Waals surface area (Å²) >= 11 is 3.64. The van der Waals surface area contributed by atoms with E-state index in [1.165, 1.54) is 33.4 Å². The first-order valence-electron chi connectivity index (χ1n) is 14.4. The topological polar surface area (TPSA) is 46.6 Å². The van der Waals surface area contributed by atoms with E-state index < -0.39 is 7.25 Å². The number of ether oxygens (including phenoxy) is 2. The molecular weight excluding hydrogens is 607 g/mol. The first-order chi connectivity index (χ1) is 20.5. The van der Waals surface area contributed by atoms with Crippen LogP contribution in [0.1, 0.15) is 86.1 Å². The molecule has 0 spiro atoms. The van der Waals surface area contributed by atoms with Gasteiger partial charge in [0.05, 0.1) is 25.3 Å². The zero-order chi connectivity index (χ0) is 32.9. The molecule has 4 rings (SSSR count). The van der Waals surface area contributed by atoms with Gasteiger partial charge in [-0.2, -0.15) is 23.5 Å². The van der Waals surface area contributed by atoms with E-state index in [4.69, 9.17) is 9.47 Å². The van der Waals surface area contributed by atoms with Crippen molar-refractivity contribution >= 4 is 36.5 Å². The average molecular weight is 649 g/mol. The molecule has 6 bridgehead atoms. The van der Waals surface area contributed by atoms with Crippen LogP contribution in [0.3, 0.4) is 0 Å². The van der Waals surface area contributed by atoms with Crippen molar-refractivity contribution in [3.63, 3.8) is 0 Å². The highest BCUT2D eigenvalue weighted by atomic mass is 32.2. The lowest BCUT2D eigenvalue weighted by Gasteiger charge is -2.26. The number of halogens is 4. The summed E-state index contributed by atoms with van der Waals surface area (Å²) in [6.07, 6.45) is 0.738. The van der Waals surface area contributed by atoms with Gasteiger partial charge >= 0.3 is 12.9 Å². The SMILES string of the molecule is COc1c2cc(C(C)(C)C)cc1Cc1cc(C(C)(C)C)cc(c1OC)CSCc1cccc(c1[N+]#N)CSC2.F[B-](F)(F)F. The molecule has 3 aromatic rings. The van der Waals surface area contributed by atoms with Gasteiger partial charge in [-0.25, -0.2) is 0 Å². The van der Waals surface area contributed by atoms with Crippen LogP contribution in [0.2, 0.25) is 0 Å². The average Bonchev–Trinajstić information content (AvgIpc) is 2.90. The smallest absolute Gasteiger partial charge is 0.496 e. The molecule has 0 saturated heterocycles. The van der Waals surface area contributed by atoms with Crippen molar-refractivity contribution in [1.29, 1.82) is 5.39 Å². The minimum atomic E-state index is -6.00. The van der Waals surface area contributed by atoms with Crippen molar-refractivity contribution in [2.45, 2.75) is 81.8 Å². The second-order valence-corrected chi connectivity index (χ2v) is 14.8. The second kappa shape index (κ2) is 14.5. The van der Waals surface area contributed by atoms with Gasteiger partial charge in [-0.15, -0.1) is 0 Å². The number of diazo groups is 1. The molecule has 0 aromatic heterocycles. The molecule has 11 heteroatoms. The van der Waals surface area contributed by atoms with Crippen LogP contribution in [-0.2, 0) is 40.3 Å². The summed E-state index contributed by atoms with van der Waals surface area (Å²) < 4.78 is 51.2. The van der Waals surface area contributed by atoms with Crippen molar-refractivity contribution < 1.29 is 26.7 Å². The predicted octanol–water partition coefficient (Wildman–Crippen LogP) is 10.9. The summed E-state index contributed by atoms with van der Waals surface area (Å²) in [5, 5.41) is 9.96. The summed E-state index contributed by atoms with van der Waals surface area (Å²) in [5.41, 5.74) is 10.1. The number of rotatable bonds is 2. The third-order valence-corrected chi connectivity index (χ3v) is 9.40. The Bertz CT molecular complexity index is 1410. The summed E-state index contributed by atoms with van der Waals surface area (Å²) in [4.78, 5) is 3.73. The number of methoxy groups -OCH3 is 2. The summed E-state index contributed by atoms with van der Waals surface area (Å²) in [6.45, 7) is 13.6. The van der Waals surface area contributed by atoms with E-state index in [9.17, 15) is 22.7 Å². The fraction of sp³-hybridized carbons (Fsp3) is 0.455. The van der Waals surface area contributed by atoms with E-state index in [0.29, 0.717) is 5.69 Å². The standard InChI is InChI=1S/C33H41N2O2S2.BF4/c1-32(2,3)27-13-23-12-24-14-28(33(4,5)6)16-26(31(24)37-8)20-39-18-22-11-9-10-21(29(22)35-34)17-38-19-25(15-27)30(23)36-7;2-1(3,4)5/h9-11,13-16H,12,17-20H2,1-8H3;/q+1;-1. The molecular formula is C33H41BF4N2O2S2. The Morgan fingerprint density at radius 3 is 1.32 bits per heavy atom. The quantitative estimate of drug-likeness (QED) is 0.157. The van der Waals surface area contributed by atoms with Gasteiger partial charge in [0.1, 0.15) is 11.5 Å². The molecule has 3 aromatic carbocycles. The van der Waals surface area contributed by atoms with Crippen LogP contribution in [0.5, 0.6) is 11.5 Å². The van der Waals surface area contributed by atoms with Crippen molar-refractivity contribution in [3.05, 3.63) is 91.9 Å². The van der Waals surface area contributed by atoms with E-state index in [1.54, 1.807) is 14.2 Å². The van der Waals surface area contributed by atoms with Crippen LogP contribution in [-0.4, -0.2) is 21.5 Å². The van der Waals surface area contributed by atoms with Crippen LogP contribution in [0.4, 0.5) is 23.0 Å². The minimum Gasteiger partial charge on any atom is -0.496 e. The molecule has 0 amide bonds. The third-order valence-electron chi connectivity index (χ3n) is 7.34. The molecule has 0 aliphatic carbocycles. The van der Waals surface area contributed by atoms with Gasteiger partial charge in [-0.1, -0.05) is 84.0 Å². The number of hydrogen-bond donors (Lipinski definition) is 0. The lowest BCUT2D eigenvalue weighted by Crippen LogP contribution is -2.15. The summed E-state index contributed by atoms with van der Waals surface area (Å²) in [7, 11) is -2.45. The molecule has 1 aliphatic heterocycles. The van der Waals surface area contributed by atoms with Gasteiger partial charge < -0.3 is 26.7 Å². The van der Waals surface area contributed by atoms with E-state index in [-0.39, 0.29) is 10.8 Å². The monoisotopic (exact) mass is 648 g/mol. The lowest BCUT2D eigenvalue weighted by atomic mass is 9.82. The van der Waals surface area contributed by atoms with Crippen LogP contribution in [0.15, 0.2) is 42.5 Å². The fourth-order valence-electron chi connectivity index (χ4n) is 5.13. The Kier molecular flexibility index (Phi) is 11.8. The first-order valence-corrected chi connectivity index (χ1v) is 16.7. The number of fused-ring (bicyclic) bond motifs is 6. The molecule has 0 fully saturated rings. The Balaban J connectivity index is 0.000000978. The number of nitrogens with zero attached hydrogens (tertiary/aromatic N) is 2. The van der Waals surface area contributed by atoms with E-state index >= 15 is 0 Å². The lowest BCUT2D eigenvalue weighted by molar-refractivity contribution is 0.368. The van der Waals surface area contributed by atoms with Crippen molar-refractivity contribution in [2.24, 2.45) is 0 Å². The Morgan fingerprint density at radius 1 is 0.659 bits per heavy atom. The number of hydrogen-bond acceptors (Lipinski definition) is 5. The maximum Gasteiger partial charge on any atom is 0.673 e. The van der Waals surface area contributed by atoms with Crippen LogP contribution >= 0.6 is 23.5 Å². The molecule has 0 N–H and O–H groups in total. The summed E-state index contributed by atoms with van der Waals surface area (Å²) in [6, 6.07) is 15.4.